The zero-order valence-electron chi connectivity index (χ0n) is 31.0. The van der Waals surface area contributed by atoms with Crippen LogP contribution in [0.2, 0.25) is 0 Å². The van der Waals surface area contributed by atoms with Crippen LogP contribution in [0.4, 0.5) is 40.1 Å². The normalized spacial score (nSPS) is 11.2. The van der Waals surface area contributed by atoms with Gasteiger partial charge < -0.3 is 51.3 Å². The van der Waals surface area contributed by atoms with Gasteiger partial charge in [0.05, 0.1) is 6.34 Å². The minimum atomic E-state index is -1.01. The lowest BCUT2D eigenvalue weighted by molar-refractivity contribution is 0.447. The summed E-state index contributed by atoms with van der Waals surface area (Å²) in [6.45, 7) is 4.35. The van der Waals surface area contributed by atoms with Crippen LogP contribution in [0.1, 0.15) is 17.5 Å². The van der Waals surface area contributed by atoms with Crippen LogP contribution in [-0.4, -0.2) is 96.8 Å². The minimum absolute atomic E-state index is 0.163. The topological polar surface area (TPSA) is 548 Å². The first-order chi connectivity index (χ1) is 29.2. The van der Waals surface area contributed by atoms with Crippen LogP contribution in [0, 0.1) is 20.8 Å². The highest BCUT2D eigenvalue weighted by molar-refractivity contribution is 5.57. The molecule has 0 saturated heterocycles. The molecule has 34 nitrogen and oxygen atoms in total. The van der Waals surface area contributed by atoms with Gasteiger partial charge in [0.15, 0.2) is 0 Å². The molecule has 0 aliphatic heterocycles. The smallest absolute Gasteiger partial charge is 0.328 e. The van der Waals surface area contributed by atoms with Crippen LogP contribution in [0.5, 0.6) is 35.3 Å². The monoisotopic (exact) mass is 866 g/mol. The molecule has 0 unspecified atom stereocenters. The number of hydrogen-bond acceptors (Lipinski definition) is 25. The molecule has 0 saturated carbocycles. The SMILES string of the molecule is Cc1nc(O)c(N=Nc2c(O)[nH]c(=O)[nH]c2=O)c(=O)[nH]1.Cc1nc(O)c(N=Nc2c(O)[nH]c(=O)[nH]c2=O)c(=O)[nH]1.Cc1nc(O)c(N=Nc2c(O)nc(N=CN)[nH]c2=O)c(=O)[nH]1. The molecule has 0 radical (unpaired) electrons. The van der Waals surface area contributed by atoms with E-state index in [2.05, 4.69) is 75.5 Å². The first-order valence-electron chi connectivity index (χ1n) is 16.0. The number of azo groups is 3. The number of nitrogens with two attached hydrogens (primary N) is 1. The van der Waals surface area contributed by atoms with E-state index < -0.39 is 114 Å². The van der Waals surface area contributed by atoms with E-state index >= 15 is 0 Å². The second-order valence-corrected chi connectivity index (χ2v) is 11.1. The quantitative estimate of drug-likeness (QED) is 0.0477. The van der Waals surface area contributed by atoms with Gasteiger partial charge in [0.1, 0.15) is 17.5 Å². The molecule has 6 heterocycles. The van der Waals surface area contributed by atoms with E-state index in [9.17, 15) is 69.0 Å². The first-order valence-corrected chi connectivity index (χ1v) is 16.0. The number of rotatable bonds is 7. The van der Waals surface area contributed by atoms with Gasteiger partial charge in [0.2, 0.25) is 75.4 Å². The highest BCUT2D eigenvalue weighted by Crippen LogP contribution is 2.26. The van der Waals surface area contributed by atoms with Crippen molar-refractivity contribution in [2.45, 2.75) is 20.8 Å². The Morgan fingerprint density at radius 2 is 0.677 bits per heavy atom. The van der Waals surface area contributed by atoms with Crippen molar-refractivity contribution in [3.8, 4) is 35.3 Å². The molecule has 16 N–H and O–H groups in total. The predicted molar refractivity (Wildman–Crippen MR) is 204 cm³/mol. The second-order valence-electron chi connectivity index (χ2n) is 11.1. The van der Waals surface area contributed by atoms with Crippen molar-refractivity contribution < 1.29 is 30.6 Å². The number of aryl methyl sites for hydroxylation is 3. The zero-order chi connectivity index (χ0) is 46.0. The maximum atomic E-state index is 11.7. The van der Waals surface area contributed by atoms with E-state index in [0.29, 0.717) is 0 Å². The zero-order valence-corrected chi connectivity index (χ0v) is 31.0. The molecule has 0 aliphatic carbocycles. The lowest BCUT2D eigenvalue weighted by atomic mass is 10.5. The van der Waals surface area contributed by atoms with Crippen molar-refractivity contribution in [2.75, 3.05) is 0 Å². The molecule has 322 valence electrons. The Bertz CT molecular complexity index is 3150. The number of nitrogens with one attached hydrogen (secondary N) is 8. The Labute approximate surface area is 334 Å². The van der Waals surface area contributed by atoms with E-state index in [1.54, 1.807) is 0 Å². The van der Waals surface area contributed by atoms with E-state index in [4.69, 9.17) is 5.73 Å². The van der Waals surface area contributed by atoms with Gasteiger partial charge in [-0.25, -0.2) is 14.6 Å². The van der Waals surface area contributed by atoms with Gasteiger partial charge in [-0.1, -0.05) is 0 Å². The molecule has 0 aromatic carbocycles. The maximum absolute atomic E-state index is 11.7. The summed E-state index contributed by atoms with van der Waals surface area (Å²) in [5.74, 6) is -4.19. The fraction of sp³-hybridized carbons (Fsp3) is 0.107. The summed E-state index contributed by atoms with van der Waals surface area (Å²) < 4.78 is 0. The van der Waals surface area contributed by atoms with Crippen LogP contribution in [0.15, 0.2) is 74.0 Å². The number of hydrogen-bond donors (Lipinski definition) is 15. The number of nitrogens with zero attached hydrogens (tertiary/aromatic N) is 11. The van der Waals surface area contributed by atoms with Gasteiger partial charge >= 0.3 is 11.4 Å². The van der Waals surface area contributed by atoms with Gasteiger partial charge in [-0.05, 0) is 20.8 Å². The second kappa shape index (κ2) is 18.9. The molecule has 34 heteroatoms. The molecular formula is C28H26N20O14. The molecule has 6 aromatic heterocycles. The fourth-order valence-corrected chi connectivity index (χ4v) is 4.05. The molecule has 0 bridgehead atoms. The Balaban J connectivity index is 0.000000205. The Kier molecular flexibility index (Phi) is 13.6. The lowest BCUT2D eigenvalue weighted by Gasteiger charge is -1.99. The van der Waals surface area contributed by atoms with Crippen LogP contribution >= 0.6 is 0 Å². The molecule has 0 fully saturated rings. The number of aromatic hydroxyl groups is 6. The molecule has 0 aliphatic rings. The average molecular weight is 867 g/mol. The summed E-state index contributed by atoms with van der Waals surface area (Å²) in [4.78, 5) is 125. The van der Waals surface area contributed by atoms with Gasteiger partial charge in [0.25, 0.3) is 33.4 Å². The average Bonchev–Trinajstić information content (AvgIpc) is 3.13. The largest absolute Gasteiger partial charge is 0.493 e. The number of aromatic amines is 8. The highest BCUT2D eigenvalue weighted by atomic mass is 16.3. The Morgan fingerprint density at radius 1 is 0.403 bits per heavy atom. The third-order valence-electron chi connectivity index (χ3n) is 6.59. The first kappa shape index (κ1) is 44.7. The summed E-state index contributed by atoms with van der Waals surface area (Å²) in [5.41, 5.74) is -5.45. The summed E-state index contributed by atoms with van der Waals surface area (Å²) in [5, 5.41) is 76.8. The Morgan fingerprint density at radius 3 is 0.952 bits per heavy atom. The van der Waals surface area contributed by atoms with Gasteiger partial charge in [-0.3, -0.25) is 53.7 Å². The number of aliphatic imine (C=N–C) groups is 1. The van der Waals surface area contributed by atoms with Gasteiger partial charge in [-0.2, -0.15) is 19.9 Å². The van der Waals surface area contributed by atoms with Crippen molar-refractivity contribution in [3.63, 3.8) is 0 Å². The van der Waals surface area contributed by atoms with E-state index in [0.717, 1.165) is 6.34 Å². The standard InChI is InChI=1S/C10H10N8O4.2C9H8N6O5/c1-3-13-6(19)4(7(20)14-3)17-18-5-8(21)15-10(12-2-11)16-9(5)22;2*1-2-10-5(16)3(6(17)11-2)14-15-4-7(18)12-9(20)13-8(4)19/h2H,1H3,(H2,13,14,19,20)(H4,11,12,15,16,21,22);2*1H3,(H2,10,11,16,17)(H3,12,13,18,19,20). The van der Waals surface area contributed by atoms with Crippen LogP contribution < -0.4 is 50.5 Å². The molecule has 0 spiro atoms. The molecule has 6 rings (SSSR count). The van der Waals surface area contributed by atoms with Crippen LogP contribution in [0.25, 0.3) is 0 Å². The minimum Gasteiger partial charge on any atom is -0.493 e. The van der Waals surface area contributed by atoms with Crippen molar-refractivity contribution in [2.24, 2.45) is 41.4 Å². The lowest BCUT2D eigenvalue weighted by Crippen LogP contribution is -2.20. The molecule has 0 atom stereocenters. The maximum Gasteiger partial charge on any atom is 0.328 e. The highest BCUT2D eigenvalue weighted by Gasteiger charge is 2.15. The van der Waals surface area contributed by atoms with Crippen molar-refractivity contribution >= 4 is 46.4 Å². The van der Waals surface area contributed by atoms with Gasteiger partial charge in [0, 0.05) is 0 Å². The van der Waals surface area contributed by atoms with Crippen LogP contribution in [0.3, 0.4) is 0 Å². The van der Waals surface area contributed by atoms with E-state index in [-0.39, 0.29) is 23.4 Å². The summed E-state index contributed by atoms with van der Waals surface area (Å²) in [6, 6.07) is 0. The molecular weight excluding hydrogens is 840 g/mol. The molecule has 0 amide bonds. The molecule has 6 aromatic rings. The van der Waals surface area contributed by atoms with Crippen molar-refractivity contribution in [1.29, 1.82) is 0 Å². The van der Waals surface area contributed by atoms with E-state index in [1.807, 2.05) is 19.9 Å². The third-order valence-corrected chi connectivity index (χ3v) is 6.59. The van der Waals surface area contributed by atoms with Crippen molar-refractivity contribution in [1.82, 2.24) is 59.8 Å². The fourth-order valence-electron chi connectivity index (χ4n) is 4.05. The number of aromatic nitrogens is 12. The summed E-state index contributed by atoms with van der Waals surface area (Å²) >= 11 is 0. The third kappa shape index (κ3) is 11.1. The molecule has 62 heavy (non-hydrogen) atoms. The summed E-state index contributed by atoms with van der Waals surface area (Å²) in [7, 11) is 0. The summed E-state index contributed by atoms with van der Waals surface area (Å²) in [6.07, 6.45) is 0.869. The Hall–Kier alpha value is -10.0. The van der Waals surface area contributed by atoms with Gasteiger partial charge in [-0.15, -0.1) is 30.7 Å². The van der Waals surface area contributed by atoms with Crippen LogP contribution in [-0.2, 0) is 0 Å². The van der Waals surface area contributed by atoms with E-state index in [1.165, 1.54) is 20.8 Å². The van der Waals surface area contributed by atoms with Crippen molar-refractivity contribution in [3.05, 3.63) is 101 Å². The number of H-pyrrole nitrogens is 8. The predicted octanol–water partition coefficient (Wildman–Crippen LogP) is -1.83.